The summed E-state index contributed by atoms with van der Waals surface area (Å²) in [6.45, 7) is 0.506. The van der Waals surface area contributed by atoms with Gasteiger partial charge in [-0.05, 0) is 42.0 Å². The SMILES string of the molecule is c1ccc(-c2nc(-c3ccc4c(c3)OCO4)c(-c3ccc4c(c3)OCO4)s2)cc1. The zero-order valence-corrected chi connectivity index (χ0v) is 16.1. The van der Waals surface area contributed by atoms with Gasteiger partial charge in [0.1, 0.15) is 5.01 Å². The molecule has 3 aromatic carbocycles. The zero-order chi connectivity index (χ0) is 19.2. The van der Waals surface area contributed by atoms with E-state index < -0.39 is 0 Å². The fourth-order valence-electron chi connectivity index (χ4n) is 3.50. The number of thiazole rings is 1. The lowest BCUT2D eigenvalue weighted by molar-refractivity contribution is 0.173. The molecule has 2 aliphatic rings. The van der Waals surface area contributed by atoms with E-state index in [9.17, 15) is 0 Å². The second-order valence-electron chi connectivity index (χ2n) is 6.70. The van der Waals surface area contributed by atoms with E-state index in [1.54, 1.807) is 11.3 Å². The van der Waals surface area contributed by atoms with Gasteiger partial charge in [-0.1, -0.05) is 30.3 Å². The minimum absolute atomic E-state index is 0.250. The number of rotatable bonds is 3. The van der Waals surface area contributed by atoms with Crippen molar-refractivity contribution in [1.82, 2.24) is 4.98 Å². The van der Waals surface area contributed by atoms with E-state index >= 15 is 0 Å². The van der Waals surface area contributed by atoms with E-state index in [2.05, 4.69) is 12.1 Å². The van der Waals surface area contributed by atoms with Crippen molar-refractivity contribution in [2.45, 2.75) is 0 Å². The standard InChI is InChI=1S/C23H15NO4S/c1-2-4-14(5-3-1)23-24-21(15-6-8-17-19(10-15)27-12-25-17)22(29-23)16-7-9-18-20(11-16)28-13-26-18/h1-11H,12-13H2. The highest BCUT2D eigenvalue weighted by molar-refractivity contribution is 7.19. The van der Waals surface area contributed by atoms with Crippen LogP contribution in [0, 0.1) is 0 Å². The molecule has 0 aliphatic carbocycles. The second-order valence-corrected chi connectivity index (χ2v) is 7.70. The number of benzene rings is 3. The van der Waals surface area contributed by atoms with Crippen LogP contribution in [0.5, 0.6) is 23.0 Å². The summed E-state index contributed by atoms with van der Waals surface area (Å²) in [6.07, 6.45) is 0. The van der Waals surface area contributed by atoms with Crippen molar-refractivity contribution < 1.29 is 18.9 Å². The molecule has 142 valence electrons. The van der Waals surface area contributed by atoms with Gasteiger partial charge in [0, 0.05) is 11.1 Å². The van der Waals surface area contributed by atoms with E-state index in [0.29, 0.717) is 0 Å². The third-order valence-electron chi connectivity index (χ3n) is 4.93. The van der Waals surface area contributed by atoms with Crippen molar-refractivity contribution in [2.24, 2.45) is 0 Å². The summed E-state index contributed by atoms with van der Waals surface area (Å²) in [5, 5.41) is 0.964. The Morgan fingerprint density at radius 2 is 1.24 bits per heavy atom. The van der Waals surface area contributed by atoms with Crippen molar-refractivity contribution in [2.75, 3.05) is 13.6 Å². The Hall–Kier alpha value is -3.51. The number of aromatic nitrogens is 1. The molecule has 0 N–H and O–H groups in total. The quantitative estimate of drug-likeness (QED) is 0.447. The third-order valence-corrected chi connectivity index (χ3v) is 6.08. The highest BCUT2D eigenvalue weighted by Gasteiger charge is 2.22. The summed E-state index contributed by atoms with van der Waals surface area (Å²) in [5.41, 5.74) is 4.03. The van der Waals surface area contributed by atoms with E-state index in [4.69, 9.17) is 23.9 Å². The first-order valence-electron chi connectivity index (χ1n) is 9.21. The van der Waals surface area contributed by atoms with Crippen molar-refractivity contribution in [3.8, 4) is 55.3 Å². The van der Waals surface area contributed by atoms with Crippen LogP contribution in [-0.2, 0) is 0 Å². The largest absolute Gasteiger partial charge is 0.454 e. The fourth-order valence-corrected chi connectivity index (χ4v) is 4.59. The van der Waals surface area contributed by atoms with E-state index in [1.807, 2.05) is 54.6 Å². The minimum Gasteiger partial charge on any atom is -0.454 e. The zero-order valence-electron chi connectivity index (χ0n) is 15.3. The molecule has 0 bridgehead atoms. The highest BCUT2D eigenvalue weighted by Crippen LogP contribution is 2.45. The molecule has 4 aromatic rings. The molecule has 0 radical (unpaired) electrons. The summed E-state index contributed by atoms with van der Waals surface area (Å²) in [5.74, 6) is 3.03. The number of hydrogen-bond donors (Lipinski definition) is 0. The maximum Gasteiger partial charge on any atom is 0.231 e. The number of fused-ring (bicyclic) bond motifs is 2. The van der Waals surface area contributed by atoms with Crippen molar-refractivity contribution >= 4 is 11.3 Å². The number of ether oxygens (including phenoxy) is 4. The summed E-state index contributed by atoms with van der Waals surface area (Å²) in [7, 11) is 0. The van der Waals surface area contributed by atoms with Crippen molar-refractivity contribution in [3.05, 3.63) is 66.7 Å². The Labute approximate surface area is 171 Å². The molecule has 6 heteroatoms. The first-order valence-corrected chi connectivity index (χ1v) is 10.0. The first kappa shape index (κ1) is 16.4. The number of nitrogens with zero attached hydrogens (tertiary/aromatic N) is 1. The molecular weight excluding hydrogens is 386 g/mol. The average Bonchev–Trinajstić information content (AvgIpc) is 3.52. The lowest BCUT2D eigenvalue weighted by Gasteiger charge is -2.05. The van der Waals surface area contributed by atoms with Crippen LogP contribution in [0.15, 0.2) is 66.7 Å². The van der Waals surface area contributed by atoms with Crippen LogP contribution in [-0.4, -0.2) is 18.6 Å². The van der Waals surface area contributed by atoms with Gasteiger partial charge >= 0.3 is 0 Å². The molecular formula is C23H15NO4S. The minimum atomic E-state index is 0.250. The summed E-state index contributed by atoms with van der Waals surface area (Å²) in [4.78, 5) is 6.07. The topological polar surface area (TPSA) is 49.8 Å². The molecule has 0 spiro atoms. The predicted octanol–water partition coefficient (Wildman–Crippen LogP) is 5.60. The molecule has 2 aliphatic heterocycles. The van der Waals surface area contributed by atoms with Crippen LogP contribution in [0.3, 0.4) is 0 Å². The van der Waals surface area contributed by atoms with Crippen LogP contribution in [0.4, 0.5) is 0 Å². The fraction of sp³-hybridized carbons (Fsp3) is 0.0870. The van der Waals surface area contributed by atoms with Gasteiger partial charge in [0.25, 0.3) is 0 Å². The van der Waals surface area contributed by atoms with E-state index in [1.165, 1.54) is 0 Å². The molecule has 6 rings (SSSR count). The van der Waals surface area contributed by atoms with Crippen molar-refractivity contribution in [1.29, 1.82) is 0 Å². The van der Waals surface area contributed by atoms with Gasteiger partial charge in [0.2, 0.25) is 13.6 Å². The predicted molar refractivity (Wildman–Crippen MR) is 111 cm³/mol. The molecule has 0 unspecified atom stereocenters. The monoisotopic (exact) mass is 401 g/mol. The van der Waals surface area contributed by atoms with Gasteiger partial charge in [-0.3, -0.25) is 0 Å². The Balaban J connectivity index is 1.53. The lowest BCUT2D eigenvalue weighted by atomic mass is 10.1. The van der Waals surface area contributed by atoms with Gasteiger partial charge in [-0.25, -0.2) is 4.98 Å². The normalized spacial score (nSPS) is 13.7. The molecule has 29 heavy (non-hydrogen) atoms. The van der Waals surface area contributed by atoms with Gasteiger partial charge in [0.05, 0.1) is 10.6 Å². The van der Waals surface area contributed by atoms with Gasteiger partial charge in [0.15, 0.2) is 23.0 Å². The van der Waals surface area contributed by atoms with Gasteiger partial charge in [-0.15, -0.1) is 11.3 Å². The van der Waals surface area contributed by atoms with Crippen LogP contribution < -0.4 is 18.9 Å². The first-order chi connectivity index (χ1) is 14.3. The second kappa shape index (κ2) is 6.53. The molecule has 1 aromatic heterocycles. The maximum atomic E-state index is 5.58. The molecule has 5 nitrogen and oxygen atoms in total. The van der Waals surface area contributed by atoms with E-state index in [0.717, 1.165) is 55.3 Å². The van der Waals surface area contributed by atoms with Crippen LogP contribution in [0.25, 0.3) is 32.3 Å². The molecule has 3 heterocycles. The third kappa shape index (κ3) is 2.80. The van der Waals surface area contributed by atoms with Crippen LogP contribution in [0.1, 0.15) is 0 Å². The Morgan fingerprint density at radius 3 is 1.97 bits per heavy atom. The summed E-state index contributed by atoms with van der Waals surface area (Å²) in [6, 6.07) is 22.2. The Bertz CT molecular complexity index is 1140. The maximum absolute atomic E-state index is 5.58. The molecule has 0 amide bonds. The summed E-state index contributed by atoms with van der Waals surface area (Å²) < 4.78 is 22.1. The van der Waals surface area contributed by atoms with Crippen LogP contribution in [0.2, 0.25) is 0 Å². The van der Waals surface area contributed by atoms with E-state index in [-0.39, 0.29) is 13.6 Å². The molecule has 0 saturated carbocycles. The van der Waals surface area contributed by atoms with Gasteiger partial charge < -0.3 is 18.9 Å². The molecule has 0 saturated heterocycles. The Morgan fingerprint density at radius 1 is 0.621 bits per heavy atom. The highest BCUT2D eigenvalue weighted by atomic mass is 32.1. The smallest absolute Gasteiger partial charge is 0.231 e. The Kier molecular flexibility index (Phi) is 3.70. The number of hydrogen-bond acceptors (Lipinski definition) is 6. The molecule has 0 fully saturated rings. The average molecular weight is 401 g/mol. The lowest BCUT2D eigenvalue weighted by Crippen LogP contribution is -1.92. The van der Waals surface area contributed by atoms with Gasteiger partial charge in [-0.2, -0.15) is 0 Å². The van der Waals surface area contributed by atoms with Crippen molar-refractivity contribution in [3.63, 3.8) is 0 Å². The van der Waals surface area contributed by atoms with Crippen LogP contribution >= 0.6 is 11.3 Å². The molecule has 0 atom stereocenters. The summed E-state index contributed by atoms with van der Waals surface area (Å²) >= 11 is 1.66.